The fourth-order valence-corrected chi connectivity index (χ4v) is 4.12. The Labute approximate surface area is 158 Å². The quantitative estimate of drug-likeness (QED) is 0.825. The number of amides is 1. The lowest BCUT2D eigenvalue weighted by Gasteiger charge is -2.38. The van der Waals surface area contributed by atoms with Gasteiger partial charge in [0.15, 0.2) is 0 Å². The van der Waals surface area contributed by atoms with Gasteiger partial charge in [-0.05, 0) is 60.4 Å². The van der Waals surface area contributed by atoms with Crippen LogP contribution in [0, 0.1) is 17.7 Å². The highest BCUT2D eigenvalue weighted by Gasteiger charge is 2.34. The fourth-order valence-electron chi connectivity index (χ4n) is 4.12. The number of aliphatic imine (C=N–C) groups is 1. The lowest BCUT2D eigenvalue weighted by molar-refractivity contribution is -0.140. The van der Waals surface area contributed by atoms with Gasteiger partial charge in [0.25, 0.3) is 0 Å². The summed E-state index contributed by atoms with van der Waals surface area (Å²) in [4.78, 5) is 29.9. The molecule has 3 rings (SSSR count). The molecule has 2 unspecified atom stereocenters. The van der Waals surface area contributed by atoms with Gasteiger partial charge >= 0.3 is 5.97 Å². The molecule has 1 aromatic rings. The molecule has 1 aromatic carbocycles. The van der Waals surface area contributed by atoms with Crippen molar-refractivity contribution in [2.24, 2.45) is 16.8 Å². The molecule has 1 saturated heterocycles. The van der Waals surface area contributed by atoms with Gasteiger partial charge in [0.1, 0.15) is 12.4 Å². The van der Waals surface area contributed by atoms with Crippen LogP contribution >= 0.6 is 0 Å². The van der Waals surface area contributed by atoms with Crippen LogP contribution in [0.1, 0.15) is 30.4 Å². The molecule has 0 spiro atoms. The van der Waals surface area contributed by atoms with Gasteiger partial charge in [-0.3, -0.25) is 14.6 Å². The zero-order valence-corrected chi connectivity index (χ0v) is 15.5. The number of hydrogen-bond acceptors (Lipinski definition) is 4. The van der Waals surface area contributed by atoms with Crippen molar-refractivity contribution in [1.29, 1.82) is 0 Å². The zero-order chi connectivity index (χ0) is 19.4. The first-order valence-electron chi connectivity index (χ1n) is 9.28. The van der Waals surface area contributed by atoms with Crippen molar-refractivity contribution in [2.75, 3.05) is 33.4 Å². The molecule has 146 valence electrons. The fraction of sp³-hybridized carbons (Fsp3) is 0.550. The van der Waals surface area contributed by atoms with E-state index in [-0.39, 0.29) is 36.6 Å². The van der Waals surface area contributed by atoms with E-state index < -0.39 is 5.97 Å². The number of aliphatic carboxylic acids is 1. The number of fused-ring (bicyclic) bond motifs is 1. The summed E-state index contributed by atoms with van der Waals surface area (Å²) in [7, 11) is 1.49. The van der Waals surface area contributed by atoms with Gasteiger partial charge in [-0.25, -0.2) is 4.39 Å². The molecule has 1 amide bonds. The van der Waals surface area contributed by atoms with Gasteiger partial charge in [-0.15, -0.1) is 0 Å². The number of piperidine rings is 1. The third-order valence-electron chi connectivity index (χ3n) is 5.47. The Hall–Kier alpha value is -2.28. The SMILES string of the molecule is COCC(=O)N1CCC(CC(=O)O)C(CC2=NCCc3cc(F)ccc32)C1. The van der Waals surface area contributed by atoms with Crippen LogP contribution < -0.4 is 0 Å². The van der Waals surface area contributed by atoms with Gasteiger partial charge in [0.2, 0.25) is 5.91 Å². The molecule has 27 heavy (non-hydrogen) atoms. The maximum Gasteiger partial charge on any atom is 0.303 e. The molecule has 1 N–H and O–H groups in total. The summed E-state index contributed by atoms with van der Waals surface area (Å²) in [6.45, 7) is 1.67. The third kappa shape index (κ3) is 4.71. The third-order valence-corrected chi connectivity index (χ3v) is 5.47. The Morgan fingerprint density at radius 2 is 2.19 bits per heavy atom. The predicted octanol–water partition coefficient (Wildman–Crippen LogP) is 2.15. The number of carboxylic acid groups (broad SMARTS) is 1. The molecular weight excluding hydrogens is 351 g/mol. The maximum absolute atomic E-state index is 13.5. The van der Waals surface area contributed by atoms with E-state index >= 15 is 0 Å². The number of nitrogens with zero attached hydrogens (tertiary/aromatic N) is 2. The van der Waals surface area contributed by atoms with Crippen molar-refractivity contribution in [3.05, 3.63) is 35.1 Å². The van der Waals surface area contributed by atoms with E-state index in [4.69, 9.17) is 4.74 Å². The summed E-state index contributed by atoms with van der Waals surface area (Å²) < 4.78 is 18.5. The van der Waals surface area contributed by atoms with Crippen molar-refractivity contribution >= 4 is 17.6 Å². The summed E-state index contributed by atoms with van der Waals surface area (Å²) in [5.41, 5.74) is 2.77. The Morgan fingerprint density at radius 3 is 2.93 bits per heavy atom. The second kappa shape index (κ2) is 8.61. The molecule has 2 aliphatic heterocycles. The van der Waals surface area contributed by atoms with Crippen LogP contribution in [0.25, 0.3) is 0 Å². The number of likely N-dealkylation sites (tertiary alicyclic amines) is 1. The van der Waals surface area contributed by atoms with Crippen molar-refractivity contribution in [1.82, 2.24) is 4.90 Å². The maximum atomic E-state index is 13.5. The summed E-state index contributed by atoms with van der Waals surface area (Å²) in [6.07, 6.45) is 2.03. The first-order chi connectivity index (χ1) is 13.0. The van der Waals surface area contributed by atoms with Gasteiger partial charge in [0, 0.05) is 38.9 Å². The molecule has 0 bridgehead atoms. The molecule has 2 heterocycles. The highest BCUT2D eigenvalue weighted by molar-refractivity contribution is 6.02. The second-order valence-corrected chi connectivity index (χ2v) is 7.26. The smallest absolute Gasteiger partial charge is 0.303 e. The molecule has 7 heteroatoms. The van der Waals surface area contributed by atoms with Gasteiger partial charge in [-0.1, -0.05) is 0 Å². The van der Waals surface area contributed by atoms with Gasteiger partial charge in [0.05, 0.1) is 0 Å². The second-order valence-electron chi connectivity index (χ2n) is 7.26. The minimum atomic E-state index is -0.824. The molecule has 0 aliphatic carbocycles. The monoisotopic (exact) mass is 376 g/mol. The Bertz CT molecular complexity index is 749. The van der Waals surface area contributed by atoms with E-state index in [1.807, 2.05) is 0 Å². The minimum Gasteiger partial charge on any atom is -0.481 e. The van der Waals surface area contributed by atoms with Crippen LogP contribution in [0.5, 0.6) is 0 Å². The molecule has 1 fully saturated rings. The number of carbonyl (C=O) groups excluding carboxylic acids is 1. The predicted molar refractivity (Wildman–Crippen MR) is 98.4 cm³/mol. The van der Waals surface area contributed by atoms with Crippen LogP contribution in [0.3, 0.4) is 0 Å². The average molecular weight is 376 g/mol. The Morgan fingerprint density at radius 1 is 1.37 bits per heavy atom. The Kier molecular flexibility index (Phi) is 6.21. The van der Waals surface area contributed by atoms with Gasteiger partial charge in [-0.2, -0.15) is 0 Å². The number of halogens is 1. The first kappa shape index (κ1) is 19.5. The standard InChI is InChI=1S/C20H25FN2O4/c1-27-12-19(24)23-7-5-13(10-20(25)26)15(11-23)9-18-17-3-2-16(21)8-14(17)4-6-22-18/h2-3,8,13,15H,4-7,9-12H2,1H3,(H,25,26). The minimum absolute atomic E-state index is 0.00501. The number of benzene rings is 1. The lowest BCUT2D eigenvalue weighted by Crippen LogP contribution is -2.46. The molecular formula is C20H25FN2O4. The summed E-state index contributed by atoms with van der Waals surface area (Å²) >= 11 is 0. The number of carbonyl (C=O) groups is 2. The lowest BCUT2D eigenvalue weighted by atomic mass is 9.78. The molecule has 2 atom stereocenters. The van der Waals surface area contributed by atoms with Crippen LogP contribution in [-0.2, 0) is 20.7 Å². The van der Waals surface area contributed by atoms with E-state index in [0.29, 0.717) is 38.9 Å². The molecule has 2 aliphatic rings. The van der Waals surface area contributed by atoms with Crippen LogP contribution in [0.4, 0.5) is 4.39 Å². The van der Waals surface area contributed by atoms with Crippen molar-refractivity contribution < 1.29 is 23.8 Å². The largest absolute Gasteiger partial charge is 0.481 e. The van der Waals surface area contributed by atoms with E-state index in [9.17, 15) is 19.1 Å². The number of methoxy groups -OCH3 is 1. The number of hydrogen-bond donors (Lipinski definition) is 1. The molecule has 0 saturated carbocycles. The Balaban J connectivity index is 1.79. The summed E-state index contributed by atoms with van der Waals surface area (Å²) in [5.74, 6) is -1.17. The highest BCUT2D eigenvalue weighted by Crippen LogP contribution is 2.32. The highest BCUT2D eigenvalue weighted by atomic mass is 19.1. The summed E-state index contributed by atoms with van der Waals surface area (Å²) in [5, 5.41) is 9.26. The van der Waals surface area contributed by atoms with E-state index in [0.717, 1.165) is 16.8 Å². The number of carboxylic acids is 1. The van der Waals surface area contributed by atoms with Crippen molar-refractivity contribution in [2.45, 2.75) is 25.7 Å². The number of rotatable bonds is 6. The molecule has 6 nitrogen and oxygen atoms in total. The normalized spacial score (nSPS) is 22.1. The first-order valence-corrected chi connectivity index (χ1v) is 9.28. The van der Waals surface area contributed by atoms with Gasteiger partial charge < -0.3 is 14.7 Å². The van der Waals surface area contributed by atoms with E-state index in [1.165, 1.54) is 13.2 Å². The van der Waals surface area contributed by atoms with Crippen LogP contribution in [-0.4, -0.2) is 60.9 Å². The summed E-state index contributed by atoms with van der Waals surface area (Å²) in [6, 6.07) is 4.74. The van der Waals surface area contributed by atoms with Crippen LogP contribution in [0.15, 0.2) is 23.2 Å². The van der Waals surface area contributed by atoms with Crippen LogP contribution in [0.2, 0.25) is 0 Å². The molecule has 0 radical (unpaired) electrons. The van der Waals surface area contributed by atoms with Crippen molar-refractivity contribution in [3.8, 4) is 0 Å². The van der Waals surface area contributed by atoms with Crippen molar-refractivity contribution in [3.63, 3.8) is 0 Å². The topological polar surface area (TPSA) is 79.2 Å². The van der Waals surface area contributed by atoms with E-state index in [1.54, 1.807) is 17.0 Å². The van der Waals surface area contributed by atoms with E-state index in [2.05, 4.69) is 4.99 Å². The number of ether oxygens (including phenoxy) is 1. The average Bonchev–Trinajstić information content (AvgIpc) is 2.63. The zero-order valence-electron chi connectivity index (χ0n) is 15.5. The molecule has 0 aromatic heterocycles.